The number of aromatic nitrogens is 2. The number of aryl methyl sites for hydroxylation is 1. The quantitative estimate of drug-likeness (QED) is 0.912. The van der Waals surface area contributed by atoms with Gasteiger partial charge in [0.2, 0.25) is 0 Å². The summed E-state index contributed by atoms with van der Waals surface area (Å²) in [6, 6.07) is 9.32. The van der Waals surface area contributed by atoms with Crippen LogP contribution in [0.2, 0.25) is 0 Å². The molecule has 0 spiro atoms. The van der Waals surface area contributed by atoms with E-state index in [1.54, 1.807) is 0 Å². The highest BCUT2D eigenvalue weighted by Gasteiger charge is 2.30. The Morgan fingerprint density at radius 2 is 1.95 bits per heavy atom. The van der Waals surface area contributed by atoms with Crippen molar-refractivity contribution < 1.29 is 0 Å². The molecule has 2 fully saturated rings. The van der Waals surface area contributed by atoms with Gasteiger partial charge in [0.25, 0.3) is 0 Å². The highest BCUT2D eigenvalue weighted by Crippen LogP contribution is 2.34. The predicted octanol–water partition coefficient (Wildman–Crippen LogP) is 3.28. The number of hydrogen-bond donors (Lipinski definition) is 1. The van der Waals surface area contributed by atoms with Crippen molar-refractivity contribution in [3.63, 3.8) is 0 Å². The summed E-state index contributed by atoms with van der Waals surface area (Å²) < 4.78 is 2.29. The third-order valence-corrected chi connectivity index (χ3v) is 5.39. The van der Waals surface area contributed by atoms with Gasteiger partial charge in [-0.3, -0.25) is 0 Å². The number of fused-ring (bicyclic) bond motifs is 1. The second kappa shape index (κ2) is 5.45. The van der Waals surface area contributed by atoms with Gasteiger partial charge < -0.3 is 9.88 Å². The first-order valence-corrected chi connectivity index (χ1v) is 8.45. The molecule has 4 rings (SSSR count). The number of hydrogen-bond acceptors (Lipinski definition) is 2. The Hall–Kier alpha value is -1.35. The lowest BCUT2D eigenvalue weighted by molar-refractivity contribution is 0.357. The van der Waals surface area contributed by atoms with E-state index in [9.17, 15) is 0 Å². The molecule has 2 aliphatic rings. The number of nitrogens with zero attached hydrogens (tertiary/aromatic N) is 2. The normalized spacial score (nSPS) is 25.8. The Morgan fingerprint density at radius 3 is 2.76 bits per heavy atom. The standard InChI is InChI=1S/C18H25N3/c1-21-17-8-3-2-7-16(17)20-18(21)11-13-5-4-6-14(13)12-19-15-9-10-15/h2-3,7-8,13-15,19H,4-6,9-12H2,1H3. The van der Waals surface area contributed by atoms with Crippen molar-refractivity contribution in [3.8, 4) is 0 Å². The molecule has 0 bridgehead atoms. The molecule has 1 heterocycles. The molecule has 112 valence electrons. The lowest BCUT2D eigenvalue weighted by Gasteiger charge is -2.20. The predicted molar refractivity (Wildman–Crippen MR) is 86.3 cm³/mol. The van der Waals surface area contributed by atoms with Crippen molar-refractivity contribution in [2.24, 2.45) is 18.9 Å². The van der Waals surface area contributed by atoms with Crippen LogP contribution in [0.4, 0.5) is 0 Å². The van der Waals surface area contributed by atoms with Gasteiger partial charge >= 0.3 is 0 Å². The second-order valence-electron chi connectivity index (χ2n) is 6.91. The van der Waals surface area contributed by atoms with E-state index in [4.69, 9.17) is 4.98 Å². The van der Waals surface area contributed by atoms with Crippen LogP contribution in [-0.4, -0.2) is 22.1 Å². The Labute approximate surface area is 126 Å². The summed E-state index contributed by atoms with van der Waals surface area (Å²) in [6.45, 7) is 1.22. The molecule has 1 aromatic heterocycles. The minimum Gasteiger partial charge on any atom is -0.331 e. The van der Waals surface area contributed by atoms with E-state index in [2.05, 4.69) is 41.2 Å². The van der Waals surface area contributed by atoms with Gasteiger partial charge in [-0.1, -0.05) is 18.6 Å². The Balaban J connectivity index is 1.48. The third-order valence-electron chi connectivity index (χ3n) is 5.39. The van der Waals surface area contributed by atoms with E-state index in [0.717, 1.165) is 29.8 Å². The van der Waals surface area contributed by atoms with Gasteiger partial charge in [-0.15, -0.1) is 0 Å². The monoisotopic (exact) mass is 283 g/mol. The average molecular weight is 283 g/mol. The second-order valence-corrected chi connectivity index (χ2v) is 6.91. The molecule has 2 aliphatic carbocycles. The van der Waals surface area contributed by atoms with Crippen LogP contribution < -0.4 is 5.32 Å². The molecule has 2 saturated carbocycles. The summed E-state index contributed by atoms with van der Waals surface area (Å²) in [4.78, 5) is 4.86. The van der Waals surface area contributed by atoms with Crippen LogP contribution in [0.1, 0.15) is 37.9 Å². The van der Waals surface area contributed by atoms with Crippen LogP contribution in [0.25, 0.3) is 11.0 Å². The molecule has 1 N–H and O–H groups in total. The maximum Gasteiger partial charge on any atom is 0.109 e. The smallest absolute Gasteiger partial charge is 0.109 e. The molecule has 3 heteroatoms. The zero-order chi connectivity index (χ0) is 14.2. The first-order valence-electron chi connectivity index (χ1n) is 8.45. The summed E-state index contributed by atoms with van der Waals surface area (Å²) in [5.74, 6) is 2.93. The molecule has 0 aliphatic heterocycles. The molecule has 2 unspecified atom stereocenters. The highest BCUT2D eigenvalue weighted by molar-refractivity contribution is 5.75. The first kappa shape index (κ1) is 13.3. The lowest BCUT2D eigenvalue weighted by atomic mass is 9.92. The summed E-state index contributed by atoms with van der Waals surface area (Å²) in [5, 5.41) is 3.73. The van der Waals surface area contributed by atoms with Crippen LogP contribution in [0, 0.1) is 11.8 Å². The maximum absolute atomic E-state index is 4.86. The first-order chi connectivity index (χ1) is 10.3. The van der Waals surface area contributed by atoms with E-state index in [1.165, 1.54) is 50.0 Å². The van der Waals surface area contributed by atoms with Crippen LogP contribution in [0.3, 0.4) is 0 Å². The van der Waals surface area contributed by atoms with Crippen molar-refractivity contribution in [2.75, 3.05) is 6.54 Å². The van der Waals surface area contributed by atoms with Gasteiger partial charge in [-0.05, 0) is 56.2 Å². The molecule has 0 amide bonds. The van der Waals surface area contributed by atoms with Gasteiger partial charge in [-0.25, -0.2) is 4.98 Å². The van der Waals surface area contributed by atoms with Crippen molar-refractivity contribution in [1.29, 1.82) is 0 Å². The average Bonchev–Trinajstić information content (AvgIpc) is 3.15. The van der Waals surface area contributed by atoms with Crippen LogP contribution in [0.5, 0.6) is 0 Å². The van der Waals surface area contributed by atoms with Crippen molar-refractivity contribution >= 4 is 11.0 Å². The van der Waals surface area contributed by atoms with Crippen molar-refractivity contribution in [1.82, 2.24) is 14.9 Å². The molecular formula is C18H25N3. The number of benzene rings is 1. The lowest BCUT2D eigenvalue weighted by Crippen LogP contribution is -2.28. The molecular weight excluding hydrogens is 258 g/mol. The fourth-order valence-corrected chi connectivity index (χ4v) is 3.87. The molecule has 2 aromatic rings. The Morgan fingerprint density at radius 1 is 1.14 bits per heavy atom. The molecule has 21 heavy (non-hydrogen) atoms. The van der Waals surface area contributed by atoms with Gasteiger partial charge in [0.05, 0.1) is 11.0 Å². The summed E-state index contributed by atoms with van der Waals surface area (Å²) in [5.41, 5.74) is 2.40. The van der Waals surface area contributed by atoms with E-state index >= 15 is 0 Å². The zero-order valence-corrected chi connectivity index (χ0v) is 12.9. The SMILES string of the molecule is Cn1c(CC2CCCC2CNC2CC2)nc2ccccc21. The minimum atomic E-state index is 0.812. The molecule has 1 aromatic carbocycles. The van der Waals surface area contributed by atoms with Crippen molar-refractivity contribution in [3.05, 3.63) is 30.1 Å². The van der Waals surface area contributed by atoms with E-state index in [1.807, 2.05) is 0 Å². The van der Waals surface area contributed by atoms with Crippen molar-refractivity contribution in [2.45, 2.75) is 44.6 Å². The number of para-hydroxylation sites is 2. The summed E-state index contributed by atoms with van der Waals surface area (Å²) >= 11 is 0. The molecule has 0 saturated heterocycles. The highest BCUT2D eigenvalue weighted by atomic mass is 15.1. The van der Waals surface area contributed by atoms with E-state index in [-0.39, 0.29) is 0 Å². The van der Waals surface area contributed by atoms with E-state index in [0.29, 0.717) is 0 Å². The zero-order valence-electron chi connectivity index (χ0n) is 12.9. The van der Waals surface area contributed by atoms with Crippen LogP contribution in [0.15, 0.2) is 24.3 Å². The topological polar surface area (TPSA) is 29.9 Å². The largest absolute Gasteiger partial charge is 0.331 e. The Kier molecular flexibility index (Phi) is 3.46. The maximum atomic E-state index is 4.86. The van der Waals surface area contributed by atoms with Gasteiger partial charge in [0, 0.05) is 19.5 Å². The number of rotatable bonds is 5. The van der Waals surface area contributed by atoms with Gasteiger partial charge in [0.1, 0.15) is 5.82 Å². The van der Waals surface area contributed by atoms with Crippen LogP contribution in [-0.2, 0) is 13.5 Å². The Bertz CT molecular complexity index is 626. The third kappa shape index (κ3) is 2.71. The fraction of sp³-hybridized carbons (Fsp3) is 0.611. The van der Waals surface area contributed by atoms with Crippen LogP contribution >= 0.6 is 0 Å². The fourth-order valence-electron chi connectivity index (χ4n) is 3.87. The number of nitrogens with one attached hydrogen (secondary N) is 1. The summed E-state index contributed by atoms with van der Waals surface area (Å²) in [6.07, 6.45) is 8.09. The van der Waals surface area contributed by atoms with E-state index < -0.39 is 0 Å². The molecule has 3 nitrogen and oxygen atoms in total. The number of imidazole rings is 1. The molecule has 0 radical (unpaired) electrons. The van der Waals surface area contributed by atoms with Gasteiger partial charge in [-0.2, -0.15) is 0 Å². The summed E-state index contributed by atoms with van der Waals surface area (Å²) in [7, 11) is 2.16. The minimum absolute atomic E-state index is 0.812. The van der Waals surface area contributed by atoms with Gasteiger partial charge in [0.15, 0.2) is 0 Å². The molecule has 2 atom stereocenters.